The van der Waals surface area contributed by atoms with E-state index in [0.717, 1.165) is 0 Å². The van der Waals surface area contributed by atoms with E-state index in [1.54, 1.807) is 11.0 Å². The molecule has 1 aromatic rings. The molecule has 1 aliphatic heterocycles. The largest absolute Gasteiger partial charge is 0.481 e. The van der Waals surface area contributed by atoms with Gasteiger partial charge in [-0.2, -0.15) is 4.98 Å². The number of amides is 3. The molecule has 1 aromatic heterocycles. The molecular formula is C16H26N6O3. The van der Waals surface area contributed by atoms with E-state index in [-0.39, 0.29) is 23.8 Å². The molecule has 0 aromatic carbocycles. The van der Waals surface area contributed by atoms with E-state index >= 15 is 0 Å². The molecule has 9 heteroatoms. The Bertz CT molecular complexity index is 585. The van der Waals surface area contributed by atoms with Crippen molar-refractivity contribution in [3.05, 3.63) is 12.3 Å². The predicted octanol–water partition coefficient (Wildman–Crippen LogP) is 1.10. The first-order valence-corrected chi connectivity index (χ1v) is 8.55. The molecule has 1 aliphatic rings. The van der Waals surface area contributed by atoms with E-state index in [0.29, 0.717) is 44.9 Å². The molecule has 1 fully saturated rings. The van der Waals surface area contributed by atoms with Crippen LogP contribution in [0.2, 0.25) is 0 Å². The summed E-state index contributed by atoms with van der Waals surface area (Å²) in [6.07, 6.45) is 2.82. The first-order chi connectivity index (χ1) is 12.1. The summed E-state index contributed by atoms with van der Waals surface area (Å²) < 4.78 is 5.00. The fourth-order valence-corrected chi connectivity index (χ4v) is 2.76. The summed E-state index contributed by atoms with van der Waals surface area (Å²) in [6.45, 7) is 6.49. The Kier molecular flexibility index (Phi) is 6.79. The fraction of sp³-hybridized carbons (Fsp3) is 0.625. The quantitative estimate of drug-likeness (QED) is 0.746. The topological polar surface area (TPSA) is 99.7 Å². The number of likely N-dealkylation sites (tertiary alicyclic amines) is 1. The van der Waals surface area contributed by atoms with Crippen LogP contribution in [0, 0.1) is 5.92 Å². The second-order valence-corrected chi connectivity index (χ2v) is 5.75. The van der Waals surface area contributed by atoms with Crippen molar-refractivity contribution in [1.29, 1.82) is 0 Å². The molecule has 1 saturated heterocycles. The fourth-order valence-electron chi connectivity index (χ4n) is 2.76. The molecule has 2 N–H and O–H groups in total. The minimum Gasteiger partial charge on any atom is -0.481 e. The number of ether oxygens (including phenoxy) is 1. The lowest BCUT2D eigenvalue weighted by atomic mass is 9.96. The Morgan fingerprint density at radius 2 is 2.00 bits per heavy atom. The number of carbonyl (C=O) groups is 2. The Balaban J connectivity index is 1.80. The van der Waals surface area contributed by atoms with E-state index in [1.807, 2.05) is 18.7 Å². The van der Waals surface area contributed by atoms with E-state index in [4.69, 9.17) is 4.74 Å². The van der Waals surface area contributed by atoms with E-state index < -0.39 is 0 Å². The molecule has 0 atom stereocenters. The highest BCUT2D eigenvalue weighted by Gasteiger charge is 2.28. The molecule has 138 valence electrons. The number of urea groups is 1. The van der Waals surface area contributed by atoms with Gasteiger partial charge in [0.15, 0.2) is 0 Å². The molecule has 0 unspecified atom stereocenters. The summed E-state index contributed by atoms with van der Waals surface area (Å²) in [4.78, 5) is 36.3. The van der Waals surface area contributed by atoms with Crippen LogP contribution >= 0.6 is 0 Å². The lowest BCUT2D eigenvalue weighted by Crippen LogP contribution is -2.48. The van der Waals surface area contributed by atoms with Crippen molar-refractivity contribution in [1.82, 2.24) is 25.2 Å². The van der Waals surface area contributed by atoms with Gasteiger partial charge in [-0.3, -0.25) is 15.6 Å². The molecule has 2 rings (SSSR count). The molecule has 0 spiro atoms. The smallest absolute Gasteiger partial charge is 0.319 e. The van der Waals surface area contributed by atoms with Crippen molar-refractivity contribution >= 4 is 17.9 Å². The van der Waals surface area contributed by atoms with Crippen molar-refractivity contribution in [2.45, 2.75) is 26.7 Å². The van der Waals surface area contributed by atoms with Crippen molar-refractivity contribution in [3.63, 3.8) is 0 Å². The molecule has 2 heterocycles. The van der Waals surface area contributed by atoms with Gasteiger partial charge in [0.25, 0.3) is 0 Å². The maximum atomic E-state index is 12.3. The van der Waals surface area contributed by atoms with Crippen LogP contribution in [0.4, 0.5) is 10.7 Å². The van der Waals surface area contributed by atoms with E-state index in [2.05, 4.69) is 20.8 Å². The van der Waals surface area contributed by atoms with Gasteiger partial charge in [0.05, 0.1) is 7.11 Å². The van der Waals surface area contributed by atoms with Crippen LogP contribution in [-0.2, 0) is 4.79 Å². The van der Waals surface area contributed by atoms with Gasteiger partial charge in [0.1, 0.15) is 0 Å². The first kappa shape index (κ1) is 18.8. The predicted molar refractivity (Wildman–Crippen MR) is 93.0 cm³/mol. The van der Waals surface area contributed by atoms with Crippen molar-refractivity contribution < 1.29 is 14.3 Å². The van der Waals surface area contributed by atoms with Crippen LogP contribution in [0.5, 0.6) is 5.88 Å². The molecule has 25 heavy (non-hydrogen) atoms. The highest BCUT2D eigenvalue weighted by atomic mass is 16.5. The van der Waals surface area contributed by atoms with Gasteiger partial charge in [-0.05, 0) is 26.7 Å². The Morgan fingerprint density at radius 1 is 1.32 bits per heavy atom. The van der Waals surface area contributed by atoms with Crippen molar-refractivity contribution in [2.75, 3.05) is 38.7 Å². The van der Waals surface area contributed by atoms with Crippen LogP contribution in [0.15, 0.2) is 12.3 Å². The molecule has 0 radical (unpaired) electrons. The molecule has 3 amide bonds. The number of nitrogens with one attached hydrogen (secondary N) is 2. The Morgan fingerprint density at radius 3 is 2.60 bits per heavy atom. The van der Waals surface area contributed by atoms with Gasteiger partial charge in [0.2, 0.25) is 17.7 Å². The number of carbonyl (C=O) groups excluding carboxylic acids is 2. The number of piperidine rings is 1. The van der Waals surface area contributed by atoms with Gasteiger partial charge in [-0.1, -0.05) is 0 Å². The number of aromatic nitrogens is 2. The van der Waals surface area contributed by atoms with Crippen LogP contribution in [0.3, 0.4) is 0 Å². The lowest BCUT2D eigenvalue weighted by Gasteiger charge is -2.34. The van der Waals surface area contributed by atoms with Gasteiger partial charge in [-0.25, -0.2) is 9.78 Å². The number of hydrogen-bond donors (Lipinski definition) is 2. The number of nitrogens with zero attached hydrogens (tertiary/aromatic N) is 4. The molecular weight excluding hydrogens is 324 g/mol. The zero-order valence-corrected chi connectivity index (χ0v) is 15.0. The minimum absolute atomic E-state index is 0.0479. The molecule has 0 saturated carbocycles. The van der Waals surface area contributed by atoms with Crippen LogP contribution < -0.4 is 15.6 Å². The number of methoxy groups -OCH3 is 1. The highest BCUT2D eigenvalue weighted by molar-refractivity contribution is 5.80. The average molecular weight is 350 g/mol. The molecule has 0 aliphatic carbocycles. The third-order valence-electron chi connectivity index (χ3n) is 4.31. The molecule has 0 bridgehead atoms. The molecule has 9 nitrogen and oxygen atoms in total. The highest BCUT2D eigenvalue weighted by Crippen LogP contribution is 2.18. The zero-order valence-electron chi connectivity index (χ0n) is 15.0. The van der Waals surface area contributed by atoms with Gasteiger partial charge in [-0.15, -0.1) is 0 Å². The van der Waals surface area contributed by atoms with Crippen LogP contribution in [-0.4, -0.2) is 65.0 Å². The lowest BCUT2D eigenvalue weighted by molar-refractivity contribution is -0.125. The average Bonchev–Trinajstić information content (AvgIpc) is 2.67. The summed E-state index contributed by atoms with van der Waals surface area (Å²) >= 11 is 0. The zero-order chi connectivity index (χ0) is 18.2. The Labute approximate surface area is 147 Å². The van der Waals surface area contributed by atoms with E-state index in [1.165, 1.54) is 13.3 Å². The van der Waals surface area contributed by atoms with Gasteiger partial charge >= 0.3 is 6.03 Å². The van der Waals surface area contributed by atoms with Gasteiger partial charge in [0, 0.05) is 44.4 Å². The minimum atomic E-state index is -0.140. The van der Waals surface area contributed by atoms with E-state index in [9.17, 15) is 9.59 Å². The van der Waals surface area contributed by atoms with Gasteiger partial charge < -0.3 is 14.5 Å². The summed E-state index contributed by atoms with van der Waals surface area (Å²) in [5.74, 6) is 0.414. The second kappa shape index (κ2) is 9.05. The standard InChI is InChI=1S/C16H26N6O3/c1-4-21(5-2)16(24)22-10-7-12(8-11-22)14(23)19-20-15-17-9-6-13(18-15)25-3/h6,9,12H,4-5,7-8,10-11H2,1-3H3,(H,19,23)(H,17,18,20). The number of rotatable bonds is 6. The van der Waals surface area contributed by atoms with Crippen molar-refractivity contribution in [2.24, 2.45) is 5.92 Å². The SMILES string of the molecule is CCN(CC)C(=O)N1CCC(C(=O)NNc2nccc(OC)n2)CC1. The number of anilines is 1. The maximum Gasteiger partial charge on any atom is 0.319 e. The second-order valence-electron chi connectivity index (χ2n) is 5.75. The summed E-state index contributed by atoms with van der Waals surface area (Å²) in [6, 6.07) is 1.67. The number of hydrogen-bond acceptors (Lipinski definition) is 6. The summed E-state index contributed by atoms with van der Waals surface area (Å²) in [5.41, 5.74) is 5.32. The third-order valence-corrected chi connectivity index (χ3v) is 4.31. The monoisotopic (exact) mass is 350 g/mol. The first-order valence-electron chi connectivity index (χ1n) is 8.55. The van der Waals surface area contributed by atoms with Crippen LogP contribution in [0.1, 0.15) is 26.7 Å². The third kappa shape index (κ3) is 4.94. The summed E-state index contributed by atoms with van der Waals surface area (Å²) in [5, 5.41) is 0. The normalized spacial score (nSPS) is 14.8. The van der Waals surface area contributed by atoms with Crippen LogP contribution in [0.25, 0.3) is 0 Å². The van der Waals surface area contributed by atoms with Crippen molar-refractivity contribution in [3.8, 4) is 5.88 Å². The maximum absolute atomic E-state index is 12.3. The number of hydrazine groups is 1. The summed E-state index contributed by atoms with van der Waals surface area (Å²) in [7, 11) is 1.51. The Hall–Kier alpha value is -2.58.